The van der Waals surface area contributed by atoms with Gasteiger partial charge >= 0.3 is 26.2 Å². The quantitative estimate of drug-likeness (QED) is 0.115. The fourth-order valence-corrected chi connectivity index (χ4v) is 0. The Labute approximate surface area is 282 Å². The number of aliphatic hydroxyl groups excluding tert-OH is 7. The largest absolute Gasteiger partial charge is 4.00 e. The summed E-state index contributed by atoms with van der Waals surface area (Å²) in [6.07, 6.45) is -9.40. The molecule has 7 unspecified atom stereocenters. The van der Waals surface area contributed by atoms with Crippen LogP contribution >= 0.6 is 0 Å². The number of hydrogen-bond donors (Lipinski definition) is 10. The molecule has 25 heteroatoms. The molecule has 0 rings (SSSR count). The van der Waals surface area contributed by atoms with Crippen LogP contribution in [0.15, 0.2) is 0 Å². The Morgan fingerprint density at radius 1 is 0.304 bits per heavy atom. The van der Waals surface area contributed by atoms with E-state index in [0.717, 1.165) is 48.5 Å². The Bertz CT molecular complexity index is 599. The van der Waals surface area contributed by atoms with Gasteiger partial charge in [-0.1, -0.05) is 0 Å². The van der Waals surface area contributed by atoms with E-state index in [-0.39, 0.29) is 44.7 Å². The van der Waals surface area contributed by atoms with Gasteiger partial charge in [0, 0.05) is 0 Å². The van der Waals surface area contributed by atoms with Crippen molar-refractivity contribution in [1.82, 2.24) is 18.5 Å². The predicted molar refractivity (Wildman–Crippen MR) is 135 cm³/mol. The summed E-state index contributed by atoms with van der Waals surface area (Å²) in [5.74, 6) is -10.0. The van der Waals surface area contributed by atoms with Crippen molar-refractivity contribution >= 4 is 41.8 Å². The summed E-state index contributed by atoms with van der Waals surface area (Å²) in [6.45, 7) is 7.94. The van der Waals surface area contributed by atoms with E-state index < -0.39 is 84.5 Å². The summed E-state index contributed by atoms with van der Waals surface area (Å²) in [6, 6.07) is 0. The summed E-state index contributed by atoms with van der Waals surface area (Å²) in [5.41, 5.74) is 0. The molecule has 276 valence electrons. The normalized spacial score (nSPS) is 12.5. The molecule has 0 aromatic rings. The molecule has 0 fully saturated rings. The van der Waals surface area contributed by atoms with Gasteiger partial charge in [0.05, 0.1) is 84.5 Å². The third kappa shape index (κ3) is 105. The second-order valence-corrected chi connectivity index (χ2v) is 6.97. The average molecular weight is 769 g/mol. The maximum atomic E-state index is 9.34. The van der Waals surface area contributed by atoms with Crippen molar-refractivity contribution in [3.8, 4) is 0 Å². The topological polar surface area (TPSA) is 532 Å². The van der Waals surface area contributed by atoms with Crippen molar-refractivity contribution in [2.45, 2.75) is 91.2 Å². The molecule has 0 radical (unpaired) electrons. The van der Waals surface area contributed by atoms with Gasteiger partial charge in [-0.05, 0) is 48.5 Å². The number of aliphatic hydroxyl groups is 7. The number of carboxylic acid groups (broad SMARTS) is 7. The number of hydrogen-bond acceptors (Lipinski definition) is 21. The van der Waals surface area contributed by atoms with E-state index >= 15 is 0 Å². The van der Waals surface area contributed by atoms with Crippen molar-refractivity contribution in [2.24, 2.45) is 0 Å². The summed E-state index contributed by atoms with van der Waals surface area (Å²) in [7, 11) is 0. The minimum atomic E-state index is -1.44. The van der Waals surface area contributed by atoms with Crippen LogP contribution in [0, 0.1) is 0 Å². The van der Waals surface area contributed by atoms with Gasteiger partial charge in [0.25, 0.3) is 0 Å². The second-order valence-electron chi connectivity index (χ2n) is 6.97. The number of rotatable bonds is 7. The van der Waals surface area contributed by atoms with Crippen LogP contribution in [-0.2, 0) is 59.8 Å². The van der Waals surface area contributed by atoms with Gasteiger partial charge in [0.15, 0.2) is 0 Å². The first-order valence-corrected chi connectivity index (χ1v) is 10.7. The molecule has 0 amide bonds. The van der Waals surface area contributed by atoms with Gasteiger partial charge in [-0.15, -0.1) is 0 Å². The zero-order chi connectivity index (χ0) is 36.1. The van der Waals surface area contributed by atoms with Crippen molar-refractivity contribution in [2.75, 3.05) is 0 Å². The molecular weight excluding hydrogens is 721 g/mol. The number of carbonyl (C=O) groups is 7. The molecule has 0 aliphatic carbocycles. The SMILES string of the molecule is CC(O)C(=O)[O-].CC(O)C(=O)[O-].CC(O)C(=O)[O-].CC(O)C(=O)[O-].CC(O)C(=O)[O-].CC(O)C(=O)[O-].CC(O)C(=O)[O-].[NH4+].[NH4+].[NH4+].[Zr+4]. The Hall–Kier alpha value is -3.23. The summed E-state index contributed by atoms with van der Waals surface area (Å²) < 4.78 is 0. The number of aliphatic carboxylic acids is 7. The molecule has 0 bridgehead atoms. The molecule has 0 aromatic heterocycles. The van der Waals surface area contributed by atoms with E-state index in [2.05, 4.69) is 0 Å². The van der Waals surface area contributed by atoms with Crippen molar-refractivity contribution < 1.29 is 131 Å². The van der Waals surface area contributed by atoms with Crippen molar-refractivity contribution in [1.29, 1.82) is 0 Å². The molecule has 0 spiro atoms. The average Bonchev–Trinajstić information content (AvgIpc) is 2.80. The van der Waals surface area contributed by atoms with Gasteiger partial charge in [-0.25, -0.2) is 0 Å². The zero-order valence-electron chi connectivity index (χ0n) is 26.9. The van der Waals surface area contributed by atoms with Crippen LogP contribution in [0.5, 0.6) is 0 Å². The summed E-state index contributed by atoms with van der Waals surface area (Å²) in [5, 5.41) is 121. The molecule has 0 saturated carbocycles. The molecule has 19 N–H and O–H groups in total. The number of quaternary nitrogens is 3. The van der Waals surface area contributed by atoms with Gasteiger partial charge in [0.2, 0.25) is 0 Å². The van der Waals surface area contributed by atoms with E-state index in [9.17, 15) is 69.3 Å². The third-order valence-electron chi connectivity index (χ3n) is 2.39. The van der Waals surface area contributed by atoms with Crippen molar-refractivity contribution in [3.63, 3.8) is 0 Å². The predicted octanol–water partition coefficient (Wildman–Crippen LogP) is -12.1. The van der Waals surface area contributed by atoms with Crippen molar-refractivity contribution in [3.05, 3.63) is 0 Å². The summed E-state index contributed by atoms with van der Waals surface area (Å²) >= 11 is 0. The first-order valence-electron chi connectivity index (χ1n) is 10.7. The van der Waals surface area contributed by atoms with E-state index in [1.54, 1.807) is 0 Å². The Morgan fingerprint density at radius 3 is 0.326 bits per heavy atom. The Morgan fingerprint density at radius 2 is 0.326 bits per heavy atom. The smallest absolute Gasteiger partial charge is 0.547 e. The Balaban J connectivity index is -0.0000000340. The molecular formula is C21H47N3O21Zr. The van der Waals surface area contributed by atoms with E-state index in [0.29, 0.717) is 0 Å². The van der Waals surface area contributed by atoms with Gasteiger partial charge in [-0.2, -0.15) is 0 Å². The third-order valence-corrected chi connectivity index (χ3v) is 2.39. The fourth-order valence-electron chi connectivity index (χ4n) is 0. The van der Waals surface area contributed by atoms with Gasteiger partial charge in [0.1, 0.15) is 0 Å². The molecule has 0 saturated heterocycles. The zero-order valence-corrected chi connectivity index (χ0v) is 29.3. The molecule has 0 aromatic carbocycles. The first-order chi connectivity index (χ1) is 18.5. The fraction of sp³-hybridized carbons (Fsp3) is 0.667. The van der Waals surface area contributed by atoms with Crippen LogP contribution < -0.4 is 54.2 Å². The molecule has 0 heterocycles. The maximum absolute atomic E-state index is 9.34. The molecule has 0 aliphatic rings. The van der Waals surface area contributed by atoms with E-state index in [4.69, 9.17) is 35.7 Å². The molecule has 46 heavy (non-hydrogen) atoms. The summed E-state index contributed by atoms with van der Waals surface area (Å²) in [4.78, 5) is 65.4. The van der Waals surface area contributed by atoms with E-state index in [1.165, 1.54) is 0 Å². The minimum Gasteiger partial charge on any atom is -0.547 e. The van der Waals surface area contributed by atoms with Crippen LogP contribution in [0.4, 0.5) is 0 Å². The monoisotopic (exact) mass is 767 g/mol. The van der Waals surface area contributed by atoms with Gasteiger partial charge < -0.3 is 124 Å². The van der Waals surface area contributed by atoms with Crippen LogP contribution in [0.1, 0.15) is 48.5 Å². The minimum absolute atomic E-state index is 0. The molecule has 0 aliphatic heterocycles. The van der Waals surface area contributed by atoms with E-state index in [1.807, 2.05) is 0 Å². The standard InChI is InChI=1S/7C3H6O3.3H3N.Zr/c7*1-2(4)3(5)6;;;;/h7*2,4H,1H3,(H,5,6);3*1H3;/q;;;;;;;;;;+4/p-4. The van der Waals surface area contributed by atoms with Crippen LogP contribution in [-0.4, -0.2) is 120 Å². The Kier molecular flexibility index (Phi) is 74.2. The number of carboxylic acids is 7. The first kappa shape index (κ1) is 73.9. The van der Waals surface area contributed by atoms with Gasteiger partial charge in [-0.3, -0.25) is 0 Å². The van der Waals surface area contributed by atoms with Crippen LogP contribution in [0.3, 0.4) is 0 Å². The molecule has 7 atom stereocenters. The molecule has 24 nitrogen and oxygen atoms in total. The van der Waals surface area contributed by atoms with Crippen LogP contribution in [0.2, 0.25) is 0 Å². The maximum Gasteiger partial charge on any atom is 4.00 e. The number of carbonyl (C=O) groups excluding carboxylic acids is 7. The van der Waals surface area contributed by atoms with Crippen LogP contribution in [0.25, 0.3) is 0 Å². The second kappa shape index (κ2) is 46.2.